The molecular weight excluding hydrogens is 260 g/mol. The molecule has 3 heteroatoms. The molecule has 0 heterocycles. The first kappa shape index (κ1) is 16.0. The van der Waals surface area contributed by atoms with Gasteiger partial charge in [0.2, 0.25) is 5.91 Å². The molecule has 116 valence electrons. The zero-order chi connectivity index (χ0) is 15.5. The van der Waals surface area contributed by atoms with Crippen LogP contribution in [0, 0.1) is 5.92 Å². The molecule has 0 bridgehead atoms. The molecule has 21 heavy (non-hydrogen) atoms. The van der Waals surface area contributed by atoms with Crippen LogP contribution < -0.4 is 11.1 Å². The van der Waals surface area contributed by atoms with Crippen molar-refractivity contribution in [2.75, 3.05) is 5.32 Å². The van der Waals surface area contributed by atoms with E-state index in [0.29, 0.717) is 12.3 Å². The van der Waals surface area contributed by atoms with Crippen molar-refractivity contribution in [2.24, 2.45) is 11.7 Å². The van der Waals surface area contributed by atoms with Crippen LogP contribution in [-0.2, 0) is 10.2 Å². The highest BCUT2D eigenvalue weighted by Gasteiger charge is 2.25. The van der Waals surface area contributed by atoms with Crippen molar-refractivity contribution in [1.82, 2.24) is 0 Å². The lowest BCUT2D eigenvalue weighted by Crippen LogP contribution is -2.35. The molecule has 1 fully saturated rings. The first-order valence-corrected chi connectivity index (χ1v) is 8.03. The van der Waals surface area contributed by atoms with E-state index in [4.69, 9.17) is 5.73 Å². The lowest BCUT2D eigenvalue weighted by atomic mass is 9.82. The summed E-state index contributed by atoms with van der Waals surface area (Å²) in [5, 5.41) is 3.09. The van der Waals surface area contributed by atoms with Crippen LogP contribution in [-0.4, -0.2) is 11.9 Å². The van der Waals surface area contributed by atoms with E-state index in [1.54, 1.807) is 0 Å². The zero-order valence-electron chi connectivity index (χ0n) is 13.5. The average Bonchev–Trinajstić information content (AvgIpc) is 2.41. The normalized spacial score (nSPS) is 22.9. The Balaban J connectivity index is 2.03. The van der Waals surface area contributed by atoms with Gasteiger partial charge in [-0.15, -0.1) is 0 Å². The van der Waals surface area contributed by atoms with E-state index in [-0.39, 0.29) is 17.4 Å². The van der Waals surface area contributed by atoms with Crippen molar-refractivity contribution < 1.29 is 4.79 Å². The van der Waals surface area contributed by atoms with E-state index < -0.39 is 0 Å². The fraction of sp³-hybridized carbons (Fsp3) is 0.611. The molecule has 1 aliphatic carbocycles. The van der Waals surface area contributed by atoms with E-state index in [1.165, 1.54) is 18.4 Å². The summed E-state index contributed by atoms with van der Waals surface area (Å²) >= 11 is 0. The maximum Gasteiger partial charge on any atom is 0.224 e. The molecule has 1 aromatic rings. The predicted molar refractivity (Wildman–Crippen MR) is 88.3 cm³/mol. The molecule has 1 saturated carbocycles. The van der Waals surface area contributed by atoms with Crippen molar-refractivity contribution in [1.29, 1.82) is 0 Å². The van der Waals surface area contributed by atoms with Crippen molar-refractivity contribution in [3.8, 4) is 0 Å². The largest absolute Gasteiger partial charge is 0.327 e. The van der Waals surface area contributed by atoms with Crippen molar-refractivity contribution in [3.05, 3.63) is 29.8 Å². The Bertz CT molecular complexity index is 490. The maximum absolute atomic E-state index is 12.3. The third-order valence-electron chi connectivity index (χ3n) is 4.42. The van der Waals surface area contributed by atoms with Crippen molar-refractivity contribution >= 4 is 11.6 Å². The third kappa shape index (κ3) is 4.31. The molecule has 0 saturated heterocycles. The topological polar surface area (TPSA) is 55.1 Å². The summed E-state index contributed by atoms with van der Waals surface area (Å²) in [7, 11) is 0. The second-order valence-electron chi connectivity index (χ2n) is 7.26. The summed E-state index contributed by atoms with van der Waals surface area (Å²) < 4.78 is 0. The fourth-order valence-corrected chi connectivity index (χ4v) is 3.18. The van der Waals surface area contributed by atoms with Gasteiger partial charge in [0, 0.05) is 18.2 Å². The Kier molecular flexibility index (Phi) is 5.04. The molecule has 0 spiro atoms. The van der Waals surface area contributed by atoms with Crippen LogP contribution >= 0.6 is 0 Å². The van der Waals surface area contributed by atoms with E-state index in [1.807, 2.05) is 18.2 Å². The molecular formula is C18H28N2O. The van der Waals surface area contributed by atoms with Gasteiger partial charge >= 0.3 is 0 Å². The second kappa shape index (κ2) is 6.61. The van der Waals surface area contributed by atoms with Crippen molar-refractivity contribution in [2.45, 2.75) is 64.3 Å². The number of para-hydroxylation sites is 1. The lowest BCUT2D eigenvalue weighted by Gasteiger charge is -2.28. The first-order valence-electron chi connectivity index (χ1n) is 8.03. The van der Waals surface area contributed by atoms with E-state index >= 15 is 0 Å². The summed E-state index contributed by atoms with van der Waals surface area (Å²) in [6, 6.07) is 8.24. The number of nitrogens with two attached hydrogens (primary N) is 1. The molecule has 2 unspecified atom stereocenters. The van der Waals surface area contributed by atoms with Gasteiger partial charge < -0.3 is 11.1 Å². The number of carbonyl (C=O) groups excluding carboxylic acids is 1. The molecule has 0 aliphatic heterocycles. The minimum Gasteiger partial charge on any atom is -0.327 e. The molecule has 1 aliphatic rings. The van der Waals surface area contributed by atoms with Gasteiger partial charge in [-0.25, -0.2) is 0 Å². The van der Waals surface area contributed by atoms with Crippen LogP contribution in [0.5, 0.6) is 0 Å². The van der Waals surface area contributed by atoms with Gasteiger partial charge in [-0.1, -0.05) is 51.8 Å². The second-order valence-corrected chi connectivity index (χ2v) is 7.26. The summed E-state index contributed by atoms with van der Waals surface area (Å²) in [5.74, 6) is 0.426. The van der Waals surface area contributed by atoms with Crippen LogP contribution in [0.25, 0.3) is 0 Å². The van der Waals surface area contributed by atoms with Gasteiger partial charge in [0.25, 0.3) is 0 Å². The molecule has 0 radical (unpaired) electrons. The smallest absolute Gasteiger partial charge is 0.224 e. The molecule has 2 atom stereocenters. The minimum atomic E-state index is 0.0190. The monoisotopic (exact) mass is 288 g/mol. The third-order valence-corrected chi connectivity index (χ3v) is 4.42. The number of rotatable bonds is 3. The lowest BCUT2D eigenvalue weighted by molar-refractivity contribution is -0.117. The average molecular weight is 288 g/mol. The van der Waals surface area contributed by atoms with Gasteiger partial charge in [0.15, 0.2) is 0 Å². The van der Waals surface area contributed by atoms with Crippen molar-refractivity contribution in [3.63, 3.8) is 0 Å². The van der Waals surface area contributed by atoms with Gasteiger partial charge in [-0.3, -0.25) is 4.79 Å². The summed E-state index contributed by atoms with van der Waals surface area (Å²) in [5.41, 5.74) is 8.26. The number of nitrogens with one attached hydrogen (secondary N) is 1. The summed E-state index contributed by atoms with van der Waals surface area (Å²) in [4.78, 5) is 12.3. The fourth-order valence-electron chi connectivity index (χ4n) is 3.18. The van der Waals surface area contributed by atoms with Gasteiger partial charge in [0.05, 0.1) is 0 Å². The first-order chi connectivity index (χ1) is 9.88. The van der Waals surface area contributed by atoms with E-state index in [0.717, 1.165) is 18.5 Å². The zero-order valence-corrected chi connectivity index (χ0v) is 13.5. The van der Waals surface area contributed by atoms with Crippen LogP contribution in [0.15, 0.2) is 24.3 Å². The van der Waals surface area contributed by atoms with Crippen LogP contribution in [0.1, 0.15) is 58.4 Å². The minimum absolute atomic E-state index is 0.0190. The number of carbonyl (C=O) groups is 1. The Morgan fingerprint density at radius 3 is 2.57 bits per heavy atom. The number of hydrogen-bond acceptors (Lipinski definition) is 2. The predicted octanol–water partition coefficient (Wildman–Crippen LogP) is 3.83. The summed E-state index contributed by atoms with van der Waals surface area (Å²) in [6.07, 6.45) is 5.07. The molecule has 2 rings (SSSR count). The van der Waals surface area contributed by atoms with Crippen LogP contribution in [0.2, 0.25) is 0 Å². The van der Waals surface area contributed by atoms with Crippen LogP contribution in [0.3, 0.4) is 0 Å². The highest BCUT2D eigenvalue weighted by atomic mass is 16.1. The van der Waals surface area contributed by atoms with Gasteiger partial charge in [0.1, 0.15) is 0 Å². The number of amides is 1. The number of hydrogen-bond donors (Lipinski definition) is 2. The Hall–Kier alpha value is -1.35. The highest BCUT2D eigenvalue weighted by molar-refractivity contribution is 5.91. The SMILES string of the molecule is CC(C)(C)c1ccccc1NC(=O)CC1CCCCC1N. The number of anilines is 1. The van der Waals surface area contributed by atoms with E-state index in [2.05, 4.69) is 32.2 Å². The maximum atomic E-state index is 12.3. The molecule has 3 nitrogen and oxygen atoms in total. The Morgan fingerprint density at radius 1 is 1.24 bits per heavy atom. The van der Waals surface area contributed by atoms with E-state index in [9.17, 15) is 4.79 Å². The van der Waals surface area contributed by atoms with Crippen LogP contribution in [0.4, 0.5) is 5.69 Å². The Morgan fingerprint density at radius 2 is 1.90 bits per heavy atom. The molecule has 0 aromatic heterocycles. The standard InChI is InChI=1S/C18H28N2O/c1-18(2,3)14-9-5-7-11-16(14)20-17(21)12-13-8-4-6-10-15(13)19/h5,7,9,11,13,15H,4,6,8,10,12,19H2,1-3H3,(H,20,21). The molecule has 1 aromatic carbocycles. The summed E-state index contributed by atoms with van der Waals surface area (Å²) in [6.45, 7) is 6.49. The number of benzene rings is 1. The molecule has 3 N–H and O–H groups in total. The molecule has 1 amide bonds. The Labute approximate surface area is 128 Å². The van der Waals surface area contributed by atoms with Gasteiger partial charge in [-0.2, -0.15) is 0 Å². The quantitative estimate of drug-likeness (QED) is 0.888. The highest BCUT2D eigenvalue weighted by Crippen LogP contribution is 2.30. The van der Waals surface area contributed by atoms with Gasteiger partial charge in [-0.05, 0) is 35.8 Å².